The fourth-order valence-electron chi connectivity index (χ4n) is 4.59. The lowest BCUT2D eigenvalue weighted by Crippen LogP contribution is -2.44. The number of carboxylic acid groups (broad SMARTS) is 1. The molecule has 2 aromatic rings. The summed E-state index contributed by atoms with van der Waals surface area (Å²) in [4.78, 5) is 31.4. The van der Waals surface area contributed by atoms with E-state index in [4.69, 9.17) is 9.72 Å². The highest BCUT2D eigenvalue weighted by Gasteiger charge is 2.31. The standard InChI is InChI=1S/C28H41F3N6O4/c1-27(2,3)41-18-17-36(15-5-4-8-21-10-9-20-7-6-13-32-24(20)34-21)16-12-22(26(39)40)35-25(38)23-11-14-33-37(23)19-28(29,30)31/h9-11,14,22H,4-8,12-13,15-19H2,1-3H3,(H,32,34)(H,35,38)(H,39,40). The zero-order valence-corrected chi connectivity index (χ0v) is 24.0. The number of hydrogen-bond acceptors (Lipinski definition) is 7. The number of nitrogens with zero attached hydrogens (tertiary/aromatic N) is 4. The molecule has 13 heteroatoms. The van der Waals surface area contributed by atoms with Gasteiger partial charge >= 0.3 is 12.1 Å². The maximum atomic E-state index is 12.8. The van der Waals surface area contributed by atoms with Crippen molar-refractivity contribution in [2.45, 2.75) is 83.7 Å². The van der Waals surface area contributed by atoms with Crippen LogP contribution >= 0.6 is 0 Å². The number of amides is 1. The highest BCUT2D eigenvalue weighted by Crippen LogP contribution is 2.21. The van der Waals surface area contributed by atoms with Crippen molar-refractivity contribution in [2.24, 2.45) is 0 Å². The van der Waals surface area contributed by atoms with E-state index in [0.29, 0.717) is 30.9 Å². The molecule has 1 amide bonds. The van der Waals surface area contributed by atoms with Crippen LogP contribution in [0.4, 0.5) is 19.0 Å². The minimum absolute atomic E-state index is 0.0715. The van der Waals surface area contributed by atoms with E-state index >= 15 is 0 Å². The average Bonchev–Trinajstić information content (AvgIpc) is 3.34. The molecule has 10 nitrogen and oxygen atoms in total. The Morgan fingerprint density at radius 1 is 1.17 bits per heavy atom. The van der Waals surface area contributed by atoms with Crippen molar-refractivity contribution < 1.29 is 32.6 Å². The van der Waals surface area contributed by atoms with Crippen molar-refractivity contribution in [3.63, 3.8) is 0 Å². The molecular formula is C28H41F3N6O4. The maximum Gasteiger partial charge on any atom is 0.408 e. The molecule has 3 heterocycles. The molecule has 0 bridgehead atoms. The molecule has 1 unspecified atom stereocenters. The summed E-state index contributed by atoms with van der Waals surface area (Å²) >= 11 is 0. The maximum absolute atomic E-state index is 12.8. The molecule has 0 spiro atoms. The molecular weight excluding hydrogens is 541 g/mol. The molecule has 0 saturated carbocycles. The lowest BCUT2D eigenvalue weighted by atomic mass is 10.1. The van der Waals surface area contributed by atoms with E-state index in [0.717, 1.165) is 62.4 Å². The van der Waals surface area contributed by atoms with Crippen LogP contribution in [0.25, 0.3) is 0 Å². The molecule has 0 fully saturated rings. The Morgan fingerprint density at radius 2 is 1.95 bits per heavy atom. The summed E-state index contributed by atoms with van der Waals surface area (Å²) < 4.78 is 44.8. The third-order valence-electron chi connectivity index (χ3n) is 6.67. The Kier molecular flexibility index (Phi) is 11.5. The monoisotopic (exact) mass is 582 g/mol. The number of unbranched alkanes of at least 4 members (excludes halogenated alkanes) is 1. The van der Waals surface area contributed by atoms with Crippen LogP contribution in [0.3, 0.4) is 0 Å². The molecule has 41 heavy (non-hydrogen) atoms. The number of rotatable bonds is 15. The molecule has 0 saturated heterocycles. The second-order valence-corrected chi connectivity index (χ2v) is 11.2. The third kappa shape index (κ3) is 11.3. The highest BCUT2D eigenvalue weighted by atomic mass is 19.4. The van der Waals surface area contributed by atoms with Crippen LogP contribution in [-0.4, -0.2) is 87.3 Å². The molecule has 2 aromatic heterocycles. The Hall–Kier alpha value is -3.19. The number of carbonyl (C=O) groups excluding carboxylic acids is 1. The van der Waals surface area contributed by atoms with Crippen molar-refractivity contribution >= 4 is 17.7 Å². The van der Waals surface area contributed by atoms with Crippen molar-refractivity contribution in [1.82, 2.24) is 25.0 Å². The summed E-state index contributed by atoms with van der Waals surface area (Å²) in [6, 6.07) is 4.05. The van der Waals surface area contributed by atoms with Gasteiger partial charge in [0.15, 0.2) is 0 Å². The van der Waals surface area contributed by atoms with Gasteiger partial charge in [-0.1, -0.05) is 6.07 Å². The highest BCUT2D eigenvalue weighted by molar-refractivity contribution is 5.95. The smallest absolute Gasteiger partial charge is 0.408 e. The van der Waals surface area contributed by atoms with Crippen molar-refractivity contribution in [1.29, 1.82) is 0 Å². The van der Waals surface area contributed by atoms with Gasteiger partial charge in [0.2, 0.25) is 0 Å². The molecule has 228 valence electrons. The number of carbonyl (C=O) groups is 2. The number of anilines is 1. The number of carboxylic acids is 1. The second-order valence-electron chi connectivity index (χ2n) is 11.2. The lowest BCUT2D eigenvalue weighted by molar-refractivity contribution is -0.143. The molecule has 1 aliphatic rings. The number of nitrogens with one attached hydrogen (secondary N) is 2. The van der Waals surface area contributed by atoms with Crippen LogP contribution in [0.2, 0.25) is 0 Å². The Balaban J connectivity index is 1.55. The lowest BCUT2D eigenvalue weighted by Gasteiger charge is -2.27. The minimum Gasteiger partial charge on any atom is -0.480 e. The first-order valence-electron chi connectivity index (χ1n) is 14.0. The van der Waals surface area contributed by atoms with Crippen molar-refractivity contribution in [3.8, 4) is 0 Å². The number of alkyl halides is 3. The van der Waals surface area contributed by atoms with Crippen molar-refractivity contribution in [2.75, 3.05) is 38.1 Å². The van der Waals surface area contributed by atoms with Crippen LogP contribution < -0.4 is 10.6 Å². The first-order valence-corrected chi connectivity index (χ1v) is 14.0. The fourth-order valence-corrected chi connectivity index (χ4v) is 4.59. The van der Waals surface area contributed by atoms with Crippen LogP contribution in [0.5, 0.6) is 0 Å². The Labute approximate surface area is 238 Å². The number of aliphatic carboxylic acids is 1. The molecule has 1 atom stereocenters. The van der Waals surface area contributed by atoms with Gasteiger partial charge in [-0.15, -0.1) is 0 Å². The summed E-state index contributed by atoms with van der Waals surface area (Å²) in [5, 5.41) is 19.0. The molecule has 1 aliphatic heterocycles. The predicted molar refractivity (Wildman–Crippen MR) is 148 cm³/mol. The van der Waals surface area contributed by atoms with Gasteiger partial charge in [-0.2, -0.15) is 18.3 Å². The van der Waals surface area contributed by atoms with Gasteiger partial charge in [-0.05, 0) is 83.5 Å². The number of ether oxygens (including phenoxy) is 1. The number of aryl methyl sites for hydroxylation is 2. The minimum atomic E-state index is -4.57. The molecule has 0 radical (unpaired) electrons. The molecule has 0 aliphatic carbocycles. The van der Waals surface area contributed by atoms with E-state index in [-0.39, 0.29) is 17.7 Å². The van der Waals surface area contributed by atoms with Gasteiger partial charge in [0, 0.05) is 31.5 Å². The molecule has 3 N–H and O–H groups in total. The third-order valence-corrected chi connectivity index (χ3v) is 6.67. The zero-order chi connectivity index (χ0) is 30.0. The summed E-state index contributed by atoms with van der Waals surface area (Å²) in [5.74, 6) is -1.22. The van der Waals surface area contributed by atoms with E-state index in [1.54, 1.807) is 0 Å². The molecule has 3 rings (SSSR count). The van der Waals surface area contributed by atoms with Crippen LogP contribution in [0.15, 0.2) is 24.4 Å². The number of halogens is 3. The normalized spacial score (nSPS) is 14.4. The number of pyridine rings is 1. The van der Waals surface area contributed by atoms with E-state index in [9.17, 15) is 27.9 Å². The summed E-state index contributed by atoms with van der Waals surface area (Å²) in [6.45, 7) is 7.41. The topological polar surface area (TPSA) is 122 Å². The first-order chi connectivity index (χ1) is 19.3. The van der Waals surface area contributed by atoms with E-state index in [2.05, 4.69) is 32.8 Å². The van der Waals surface area contributed by atoms with Crippen LogP contribution in [0, 0.1) is 0 Å². The Morgan fingerprint density at radius 3 is 2.66 bits per heavy atom. The average molecular weight is 583 g/mol. The van der Waals surface area contributed by atoms with Gasteiger partial charge in [-0.3, -0.25) is 9.48 Å². The fraction of sp³-hybridized carbons (Fsp3) is 0.643. The summed E-state index contributed by atoms with van der Waals surface area (Å²) in [6.07, 6.45) is 1.28. The van der Waals surface area contributed by atoms with Crippen LogP contribution in [-0.2, 0) is 28.9 Å². The largest absolute Gasteiger partial charge is 0.480 e. The van der Waals surface area contributed by atoms with Crippen molar-refractivity contribution in [3.05, 3.63) is 41.3 Å². The van der Waals surface area contributed by atoms with E-state index < -0.39 is 30.6 Å². The first kappa shape index (κ1) is 32.3. The number of fused-ring (bicyclic) bond motifs is 1. The quantitative estimate of drug-likeness (QED) is 0.270. The Bertz CT molecular complexity index is 1150. The van der Waals surface area contributed by atoms with E-state index in [1.165, 1.54) is 5.56 Å². The van der Waals surface area contributed by atoms with E-state index in [1.807, 2.05) is 20.8 Å². The van der Waals surface area contributed by atoms with Gasteiger partial charge < -0.3 is 25.4 Å². The molecule has 0 aromatic carbocycles. The van der Waals surface area contributed by atoms with Gasteiger partial charge in [0.05, 0.1) is 12.2 Å². The summed E-state index contributed by atoms with van der Waals surface area (Å²) in [7, 11) is 0. The number of aromatic nitrogens is 3. The zero-order valence-electron chi connectivity index (χ0n) is 24.0. The van der Waals surface area contributed by atoms with Crippen LogP contribution in [0.1, 0.15) is 68.2 Å². The van der Waals surface area contributed by atoms with Gasteiger partial charge in [0.1, 0.15) is 24.1 Å². The summed E-state index contributed by atoms with van der Waals surface area (Å²) in [5.41, 5.74) is 1.60. The van der Waals surface area contributed by atoms with Gasteiger partial charge in [0.25, 0.3) is 5.91 Å². The van der Waals surface area contributed by atoms with Gasteiger partial charge in [-0.25, -0.2) is 9.78 Å². The number of hydrogen-bond donors (Lipinski definition) is 3. The predicted octanol–water partition coefficient (Wildman–Crippen LogP) is 3.91. The second kappa shape index (κ2) is 14.6. The SMILES string of the molecule is CC(C)(C)OCCN(CCCCc1ccc2c(n1)NCCC2)CCC(NC(=O)c1ccnn1CC(F)(F)F)C(=O)O.